The third-order valence-electron chi connectivity index (χ3n) is 2.13. The van der Waals surface area contributed by atoms with E-state index < -0.39 is 0 Å². The van der Waals surface area contributed by atoms with Crippen molar-refractivity contribution in [3.8, 4) is 11.8 Å². The van der Waals surface area contributed by atoms with Crippen LogP contribution in [0, 0.1) is 11.8 Å². The van der Waals surface area contributed by atoms with Gasteiger partial charge in [-0.25, -0.2) is 0 Å². The van der Waals surface area contributed by atoms with Crippen molar-refractivity contribution in [1.29, 1.82) is 0 Å². The standard InChI is InChI=1S/C13H17NS/c1-3-4-8-12(14-2)11-15-13-9-6-5-7-10-13/h5-7,9-10,12,14H,8,11H2,1-2H3. The molecule has 0 aromatic heterocycles. The van der Waals surface area contributed by atoms with Crippen LogP contribution < -0.4 is 5.32 Å². The Labute approximate surface area is 96.7 Å². The summed E-state index contributed by atoms with van der Waals surface area (Å²) in [5.74, 6) is 7.11. The van der Waals surface area contributed by atoms with E-state index in [0.717, 1.165) is 12.2 Å². The highest BCUT2D eigenvalue weighted by molar-refractivity contribution is 7.99. The topological polar surface area (TPSA) is 12.0 Å². The molecule has 15 heavy (non-hydrogen) atoms. The summed E-state index contributed by atoms with van der Waals surface area (Å²) in [4.78, 5) is 1.32. The summed E-state index contributed by atoms with van der Waals surface area (Å²) < 4.78 is 0. The third kappa shape index (κ3) is 4.92. The van der Waals surface area contributed by atoms with E-state index in [1.54, 1.807) is 0 Å². The summed E-state index contributed by atoms with van der Waals surface area (Å²) in [6.07, 6.45) is 0.923. The monoisotopic (exact) mass is 219 g/mol. The zero-order valence-corrected chi connectivity index (χ0v) is 10.1. The summed E-state index contributed by atoms with van der Waals surface area (Å²) in [7, 11) is 1.99. The van der Waals surface area contributed by atoms with Crippen LogP contribution in [0.5, 0.6) is 0 Å². The first-order valence-corrected chi connectivity index (χ1v) is 6.10. The van der Waals surface area contributed by atoms with Crippen molar-refractivity contribution in [2.45, 2.75) is 24.3 Å². The predicted molar refractivity (Wildman–Crippen MR) is 68.1 cm³/mol. The number of hydrogen-bond donors (Lipinski definition) is 1. The highest BCUT2D eigenvalue weighted by atomic mass is 32.2. The molecule has 0 aliphatic rings. The van der Waals surface area contributed by atoms with Gasteiger partial charge in [0.15, 0.2) is 0 Å². The Morgan fingerprint density at radius 3 is 2.67 bits per heavy atom. The average Bonchev–Trinajstić information content (AvgIpc) is 2.31. The summed E-state index contributed by atoms with van der Waals surface area (Å²) in [5, 5.41) is 3.28. The van der Waals surface area contributed by atoms with Gasteiger partial charge in [-0.3, -0.25) is 0 Å². The average molecular weight is 219 g/mol. The molecule has 0 radical (unpaired) electrons. The van der Waals surface area contributed by atoms with Gasteiger partial charge < -0.3 is 5.32 Å². The highest BCUT2D eigenvalue weighted by Crippen LogP contribution is 2.18. The minimum absolute atomic E-state index is 0.475. The molecule has 1 aromatic rings. The number of nitrogens with one attached hydrogen (secondary N) is 1. The Kier molecular flexibility index (Phi) is 5.99. The Morgan fingerprint density at radius 2 is 2.07 bits per heavy atom. The molecule has 1 nitrogen and oxygen atoms in total. The van der Waals surface area contributed by atoms with E-state index >= 15 is 0 Å². The van der Waals surface area contributed by atoms with Crippen LogP contribution in [0.1, 0.15) is 13.3 Å². The minimum atomic E-state index is 0.475. The van der Waals surface area contributed by atoms with E-state index in [2.05, 4.69) is 41.4 Å². The van der Waals surface area contributed by atoms with Gasteiger partial charge in [0, 0.05) is 23.1 Å². The van der Waals surface area contributed by atoms with Crippen LogP contribution in [0.15, 0.2) is 35.2 Å². The van der Waals surface area contributed by atoms with Gasteiger partial charge in [0.25, 0.3) is 0 Å². The molecule has 0 saturated carbocycles. The smallest absolute Gasteiger partial charge is 0.0268 e. The van der Waals surface area contributed by atoms with Crippen LogP contribution in [-0.2, 0) is 0 Å². The summed E-state index contributed by atoms with van der Waals surface area (Å²) >= 11 is 1.87. The van der Waals surface area contributed by atoms with Crippen LogP contribution in [0.3, 0.4) is 0 Å². The van der Waals surface area contributed by atoms with Gasteiger partial charge in [-0.2, -0.15) is 0 Å². The molecule has 80 valence electrons. The number of thioether (sulfide) groups is 1. The molecule has 1 rings (SSSR count). The molecule has 1 aromatic carbocycles. The normalized spacial score (nSPS) is 11.6. The molecule has 1 atom stereocenters. The van der Waals surface area contributed by atoms with E-state index in [0.29, 0.717) is 6.04 Å². The van der Waals surface area contributed by atoms with Crippen LogP contribution in [-0.4, -0.2) is 18.8 Å². The Hall–Kier alpha value is -0.910. The first kappa shape index (κ1) is 12.2. The van der Waals surface area contributed by atoms with Crippen molar-refractivity contribution in [2.75, 3.05) is 12.8 Å². The first-order chi connectivity index (χ1) is 7.36. The van der Waals surface area contributed by atoms with E-state index in [-0.39, 0.29) is 0 Å². The highest BCUT2D eigenvalue weighted by Gasteiger charge is 2.04. The SMILES string of the molecule is CC#CCC(CSc1ccccc1)NC. The van der Waals surface area contributed by atoms with Gasteiger partial charge in [-0.15, -0.1) is 23.6 Å². The van der Waals surface area contributed by atoms with Crippen LogP contribution >= 0.6 is 11.8 Å². The van der Waals surface area contributed by atoms with E-state index in [9.17, 15) is 0 Å². The lowest BCUT2D eigenvalue weighted by Gasteiger charge is -2.12. The zero-order chi connectivity index (χ0) is 10.9. The molecule has 1 unspecified atom stereocenters. The fourth-order valence-corrected chi connectivity index (χ4v) is 2.21. The van der Waals surface area contributed by atoms with E-state index in [1.807, 2.05) is 31.8 Å². The largest absolute Gasteiger partial charge is 0.315 e. The maximum atomic E-state index is 3.28. The van der Waals surface area contributed by atoms with E-state index in [4.69, 9.17) is 0 Å². The van der Waals surface area contributed by atoms with E-state index in [1.165, 1.54) is 4.90 Å². The van der Waals surface area contributed by atoms with Gasteiger partial charge >= 0.3 is 0 Å². The summed E-state index contributed by atoms with van der Waals surface area (Å²) in [5.41, 5.74) is 0. The second kappa shape index (κ2) is 7.39. The molecule has 0 amide bonds. The van der Waals surface area contributed by atoms with Crippen molar-refractivity contribution in [3.05, 3.63) is 30.3 Å². The molecular formula is C13H17NS. The number of benzene rings is 1. The van der Waals surface area contributed by atoms with Crippen LogP contribution in [0.4, 0.5) is 0 Å². The molecule has 2 heteroatoms. The summed E-state index contributed by atoms with van der Waals surface area (Å²) in [6.45, 7) is 1.89. The Bertz CT molecular complexity index is 323. The maximum Gasteiger partial charge on any atom is 0.0268 e. The fourth-order valence-electron chi connectivity index (χ4n) is 1.18. The van der Waals surface area contributed by atoms with Gasteiger partial charge in [0.1, 0.15) is 0 Å². The lowest BCUT2D eigenvalue weighted by molar-refractivity contribution is 0.637. The Balaban J connectivity index is 2.36. The third-order valence-corrected chi connectivity index (χ3v) is 3.30. The molecule has 0 saturated heterocycles. The maximum absolute atomic E-state index is 3.28. The second-order valence-electron chi connectivity index (χ2n) is 3.24. The molecule has 0 spiro atoms. The van der Waals surface area contributed by atoms with Crippen molar-refractivity contribution in [1.82, 2.24) is 5.32 Å². The first-order valence-electron chi connectivity index (χ1n) is 5.11. The van der Waals surface area contributed by atoms with Gasteiger partial charge in [-0.1, -0.05) is 18.2 Å². The number of hydrogen-bond acceptors (Lipinski definition) is 2. The van der Waals surface area contributed by atoms with Crippen LogP contribution in [0.25, 0.3) is 0 Å². The van der Waals surface area contributed by atoms with Crippen molar-refractivity contribution >= 4 is 11.8 Å². The summed E-state index contributed by atoms with van der Waals surface area (Å²) in [6, 6.07) is 10.9. The lowest BCUT2D eigenvalue weighted by atomic mass is 10.2. The quantitative estimate of drug-likeness (QED) is 0.603. The molecule has 0 fully saturated rings. The minimum Gasteiger partial charge on any atom is -0.315 e. The van der Waals surface area contributed by atoms with Gasteiger partial charge in [-0.05, 0) is 26.1 Å². The molecule has 1 N–H and O–H groups in total. The molecule has 0 aliphatic carbocycles. The number of rotatable bonds is 5. The van der Waals surface area contributed by atoms with Crippen molar-refractivity contribution in [3.63, 3.8) is 0 Å². The Morgan fingerprint density at radius 1 is 1.33 bits per heavy atom. The predicted octanol–water partition coefficient (Wildman–Crippen LogP) is 2.78. The molecule has 0 aliphatic heterocycles. The molecule has 0 bridgehead atoms. The lowest BCUT2D eigenvalue weighted by Crippen LogP contribution is -2.27. The van der Waals surface area contributed by atoms with Crippen LogP contribution in [0.2, 0.25) is 0 Å². The van der Waals surface area contributed by atoms with Crippen molar-refractivity contribution < 1.29 is 0 Å². The fraction of sp³-hybridized carbons (Fsp3) is 0.385. The molecule has 0 heterocycles. The van der Waals surface area contributed by atoms with Gasteiger partial charge in [0.2, 0.25) is 0 Å². The second-order valence-corrected chi connectivity index (χ2v) is 4.33. The zero-order valence-electron chi connectivity index (χ0n) is 9.29. The van der Waals surface area contributed by atoms with Crippen molar-refractivity contribution in [2.24, 2.45) is 0 Å². The van der Waals surface area contributed by atoms with Gasteiger partial charge in [0.05, 0.1) is 0 Å². The molecular weight excluding hydrogens is 202 g/mol.